The Bertz CT molecular complexity index is 2020. The van der Waals surface area contributed by atoms with Gasteiger partial charge in [0.15, 0.2) is 6.10 Å². The zero-order valence-electron chi connectivity index (χ0n) is 51.1. The van der Waals surface area contributed by atoms with Crippen molar-refractivity contribution in [3.8, 4) is 0 Å². The zero-order valence-corrected chi connectivity index (χ0v) is 51.1. The van der Waals surface area contributed by atoms with Crippen molar-refractivity contribution in [3.05, 3.63) is 194 Å². The lowest BCUT2D eigenvalue weighted by Crippen LogP contribution is -2.40. The van der Waals surface area contributed by atoms with Gasteiger partial charge in [-0.05, 0) is 141 Å². The van der Waals surface area contributed by atoms with Gasteiger partial charge in [0.1, 0.15) is 13.2 Å². The topological polar surface area (TPSA) is 108 Å². The van der Waals surface area contributed by atoms with Gasteiger partial charge in [0.2, 0.25) is 0 Å². The third-order valence-corrected chi connectivity index (χ3v) is 11.8. The number of hydrogen-bond donors (Lipinski definition) is 1. The fourth-order valence-corrected chi connectivity index (χ4v) is 7.22. The molecule has 0 radical (unpaired) electrons. The Morgan fingerprint density at radius 2 is 0.667 bits per heavy atom. The molecule has 0 heterocycles. The highest BCUT2D eigenvalue weighted by molar-refractivity contribution is 5.71. The standard InChI is InChI=1S/C72H109NO8/c1-6-8-10-12-14-16-18-20-22-23-24-25-26-27-28-29-30-31-32-33-34-35-36-37-38-39-40-41-42-43-44-45-46-47-49-51-53-55-57-59-61-63-70(75)81-68(67-80-72(71(76)77)78-65-64-73(3,4)5)66-79-69(74)62-60-58-56-54-52-50-48-21-19-17-15-13-11-9-7-2/h8-11,14-17,20-22,24-25,27-28,30-31,33-34,36-37,39-40,42-43,45-46,48-49,51-52,54,68,72H,6-7,12-13,18-19,23,26,29,32,35,38,41,44,47,50,53,55-67H2,1-5H3/p+1/b10-8-,11-9-,16-14-,17-15-,22-20-,25-24-,28-27-,31-30-,34-33-,37-36-,40-39-,43-42-,46-45-,48-21-,51-49-,54-52-. The smallest absolute Gasteiger partial charge is 0.361 e. The summed E-state index contributed by atoms with van der Waals surface area (Å²) in [6, 6.07) is 0. The van der Waals surface area contributed by atoms with E-state index in [1.54, 1.807) is 0 Å². The molecule has 0 aliphatic carbocycles. The molecule has 9 nitrogen and oxygen atoms in total. The van der Waals surface area contributed by atoms with Gasteiger partial charge in [0, 0.05) is 12.8 Å². The highest BCUT2D eigenvalue weighted by atomic mass is 16.7. The Balaban J connectivity index is 4.29. The van der Waals surface area contributed by atoms with Gasteiger partial charge in [0.25, 0.3) is 6.29 Å². The summed E-state index contributed by atoms with van der Waals surface area (Å²) in [5.74, 6) is -2.13. The molecule has 0 rings (SSSR count). The molecule has 0 aliphatic heterocycles. The Kier molecular flexibility index (Phi) is 55.9. The van der Waals surface area contributed by atoms with E-state index in [1.807, 2.05) is 21.1 Å². The second-order valence-electron chi connectivity index (χ2n) is 20.5. The molecule has 0 aromatic rings. The van der Waals surface area contributed by atoms with Crippen LogP contribution in [-0.4, -0.2) is 87.4 Å². The monoisotopic (exact) mass is 1120 g/mol. The van der Waals surface area contributed by atoms with Crippen LogP contribution in [0.2, 0.25) is 0 Å². The fraction of sp³-hybridized carbons (Fsp3) is 0.514. The quantitative estimate of drug-likeness (QED) is 0.0211. The largest absolute Gasteiger partial charge is 0.477 e. The summed E-state index contributed by atoms with van der Waals surface area (Å²) in [6.45, 7) is 4.52. The van der Waals surface area contributed by atoms with Gasteiger partial charge in [-0.25, -0.2) is 4.79 Å². The number of quaternary nitrogens is 1. The van der Waals surface area contributed by atoms with E-state index in [1.165, 1.54) is 0 Å². The molecule has 0 spiro atoms. The first kappa shape index (κ1) is 75.1. The highest BCUT2D eigenvalue weighted by Crippen LogP contribution is 2.11. The van der Waals surface area contributed by atoms with E-state index < -0.39 is 30.3 Å². The molecule has 0 fully saturated rings. The maximum absolute atomic E-state index is 12.9. The minimum atomic E-state index is -1.54. The van der Waals surface area contributed by atoms with E-state index in [0.29, 0.717) is 23.9 Å². The molecule has 0 aliphatic rings. The van der Waals surface area contributed by atoms with E-state index in [9.17, 15) is 19.5 Å². The first-order valence-corrected chi connectivity index (χ1v) is 30.6. The minimum Gasteiger partial charge on any atom is -0.477 e. The maximum Gasteiger partial charge on any atom is 0.361 e. The van der Waals surface area contributed by atoms with E-state index in [-0.39, 0.29) is 32.7 Å². The number of allylic oxidation sites excluding steroid dienone is 32. The lowest BCUT2D eigenvalue weighted by Gasteiger charge is -2.25. The van der Waals surface area contributed by atoms with Crippen LogP contribution in [0.3, 0.4) is 0 Å². The summed E-state index contributed by atoms with van der Waals surface area (Å²) >= 11 is 0. The van der Waals surface area contributed by atoms with Crippen LogP contribution in [0.5, 0.6) is 0 Å². The van der Waals surface area contributed by atoms with Crippen LogP contribution in [-0.2, 0) is 33.3 Å². The molecule has 9 heteroatoms. The van der Waals surface area contributed by atoms with Gasteiger partial charge in [-0.15, -0.1) is 0 Å². The van der Waals surface area contributed by atoms with Crippen molar-refractivity contribution in [1.29, 1.82) is 0 Å². The van der Waals surface area contributed by atoms with Gasteiger partial charge in [-0.1, -0.05) is 221 Å². The molecule has 0 aromatic heterocycles. The summed E-state index contributed by atoms with van der Waals surface area (Å²) < 4.78 is 22.7. The molecule has 81 heavy (non-hydrogen) atoms. The number of hydrogen-bond acceptors (Lipinski definition) is 7. The van der Waals surface area contributed by atoms with Gasteiger partial charge < -0.3 is 28.5 Å². The predicted molar refractivity (Wildman–Crippen MR) is 345 cm³/mol. The molecular formula is C72H110NO8+. The second-order valence-corrected chi connectivity index (χ2v) is 20.5. The molecule has 2 unspecified atom stereocenters. The first-order valence-electron chi connectivity index (χ1n) is 30.6. The van der Waals surface area contributed by atoms with Crippen molar-refractivity contribution < 1.29 is 42.9 Å². The molecule has 0 saturated heterocycles. The van der Waals surface area contributed by atoms with Crippen LogP contribution in [0.4, 0.5) is 0 Å². The van der Waals surface area contributed by atoms with Crippen molar-refractivity contribution >= 4 is 17.9 Å². The van der Waals surface area contributed by atoms with Crippen molar-refractivity contribution in [1.82, 2.24) is 0 Å². The van der Waals surface area contributed by atoms with E-state index in [4.69, 9.17) is 18.9 Å². The van der Waals surface area contributed by atoms with Gasteiger partial charge in [-0.3, -0.25) is 9.59 Å². The van der Waals surface area contributed by atoms with Crippen LogP contribution >= 0.6 is 0 Å². The Morgan fingerprint density at radius 1 is 0.370 bits per heavy atom. The predicted octanol–water partition coefficient (Wildman–Crippen LogP) is 18.7. The Morgan fingerprint density at radius 3 is 1.00 bits per heavy atom. The van der Waals surface area contributed by atoms with Gasteiger partial charge >= 0.3 is 17.9 Å². The normalized spacial score (nSPS) is 14.1. The summed E-state index contributed by atoms with van der Waals surface area (Å²) in [6.07, 6.45) is 91.1. The summed E-state index contributed by atoms with van der Waals surface area (Å²) in [5.41, 5.74) is 0. The average molecular weight is 1120 g/mol. The molecule has 0 aromatic carbocycles. The van der Waals surface area contributed by atoms with Crippen LogP contribution in [0.1, 0.15) is 181 Å². The number of nitrogens with zero attached hydrogens (tertiary/aromatic N) is 1. The van der Waals surface area contributed by atoms with Crippen LogP contribution in [0.15, 0.2) is 194 Å². The van der Waals surface area contributed by atoms with Crippen LogP contribution < -0.4 is 0 Å². The first-order chi connectivity index (χ1) is 39.6. The molecule has 1 N–H and O–H groups in total. The van der Waals surface area contributed by atoms with Crippen LogP contribution in [0.25, 0.3) is 0 Å². The maximum atomic E-state index is 12.9. The zero-order chi connectivity index (χ0) is 59.1. The SMILES string of the molecule is CC/C=C\C/C=C\C/C=C\C/C=C\C/C=C\C/C=C\C/C=C\C/C=C\C/C=C\C/C=C\C/C=C\C/C=C\CCCCCCC(=O)OC(COC(=O)CCCC/C=C\C/C=C\C/C=C\C/C=C\CC)COC(OCC[N+](C)(C)C)C(=O)O. The number of esters is 2. The molecule has 0 saturated carbocycles. The van der Waals surface area contributed by atoms with E-state index in [2.05, 4.69) is 208 Å². The number of rotatable bonds is 53. The summed E-state index contributed by atoms with van der Waals surface area (Å²) in [5, 5.41) is 9.69. The molecule has 0 amide bonds. The lowest BCUT2D eigenvalue weighted by molar-refractivity contribution is -0.870. The summed E-state index contributed by atoms with van der Waals surface area (Å²) in [7, 11) is 5.92. The Hall–Kier alpha value is -5.87. The molecular weight excluding hydrogens is 1010 g/mol. The molecule has 450 valence electrons. The third kappa shape index (κ3) is 61.6. The van der Waals surface area contributed by atoms with E-state index >= 15 is 0 Å². The Labute approximate surface area is 493 Å². The number of likely N-dealkylation sites (N-methyl/N-ethyl adjacent to an activating group) is 1. The number of carbonyl (C=O) groups excluding carboxylic acids is 2. The van der Waals surface area contributed by atoms with E-state index in [0.717, 1.165) is 141 Å². The number of carboxylic acids is 1. The lowest BCUT2D eigenvalue weighted by atomic mass is 10.1. The molecule has 0 bridgehead atoms. The third-order valence-electron chi connectivity index (χ3n) is 11.8. The number of carboxylic acid groups (broad SMARTS) is 1. The number of ether oxygens (including phenoxy) is 4. The molecule has 2 atom stereocenters. The van der Waals surface area contributed by atoms with Crippen molar-refractivity contribution in [2.75, 3.05) is 47.5 Å². The van der Waals surface area contributed by atoms with Gasteiger partial charge in [-0.2, -0.15) is 0 Å². The number of carbonyl (C=O) groups is 3. The number of unbranched alkanes of at least 4 members (excludes halogenated alkanes) is 6. The minimum absolute atomic E-state index is 0.164. The second kappa shape index (κ2) is 60.2. The van der Waals surface area contributed by atoms with Crippen molar-refractivity contribution in [2.45, 2.75) is 193 Å². The average Bonchev–Trinajstić information content (AvgIpc) is 3.44. The summed E-state index contributed by atoms with van der Waals surface area (Å²) in [4.78, 5) is 37.4. The van der Waals surface area contributed by atoms with Crippen LogP contribution in [0, 0.1) is 0 Å². The fourth-order valence-electron chi connectivity index (χ4n) is 7.22. The van der Waals surface area contributed by atoms with Crippen molar-refractivity contribution in [3.63, 3.8) is 0 Å². The van der Waals surface area contributed by atoms with Gasteiger partial charge in [0.05, 0.1) is 34.4 Å². The van der Waals surface area contributed by atoms with Crippen molar-refractivity contribution in [2.24, 2.45) is 0 Å². The number of aliphatic carboxylic acids is 1. The highest BCUT2D eigenvalue weighted by Gasteiger charge is 2.25.